The Morgan fingerprint density at radius 2 is 2.12 bits per heavy atom. The molecule has 3 aromatic rings. The van der Waals surface area contributed by atoms with Crippen LogP contribution in [0.15, 0.2) is 35.0 Å². The molecule has 17 heavy (non-hydrogen) atoms. The number of aromatic nitrogens is 2. The van der Waals surface area contributed by atoms with E-state index in [4.69, 9.17) is 0 Å². The van der Waals surface area contributed by atoms with Gasteiger partial charge in [-0.1, -0.05) is 22.7 Å². The number of hydrogen-bond acceptors (Lipinski definition) is 5. The quantitative estimate of drug-likeness (QED) is 0.789. The Balaban J connectivity index is 1.90. The fraction of sp³-hybridized carbons (Fsp3) is 0.167. The standard InChI is InChI=1S/C12H10N2OS2/c15-11(10-7-17-14-13-10)5-8-6-16-12-4-2-1-3-9(8)12/h1-4,6-7,11,15H,5H2. The van der Waals surface area contributed by atoms with Crippen molar-refractivity contribution in [1.29, 1.82) is 0 Å². The molecule has 0 amide bonds. The van der Waals surface area contributed by atoms with Crippen molar-refractivity contribution in [3.63, 3.8) is 0 Å². The van der Waals surface area contributed by atoms with Crippen LogP contribution in [0, 0.1) is 0 Å². The van der Waals surface area contributed by atoms with E-state index < -0.39 is 6.10 Å². The zero-order chi connectivity index (χ0) is 11.7. The molecule has 1 unspecified atom stereocenters. The van der Waals surface area contributed by atoms with Crippen molar-refractivity contribution in [2.45, 2.75) is 12.5 Å². The molecule has 3 rings (SSSR count). The third kappa shape index (κ3) is 2.09. The molecule has 0 aliphatic carbocycles. The first kappa shape index (κ1) is 10.8. The Hall–Kier alpha value is -1.30. The summed E-state index contributed by atoms with van der Waals surface area (Å²) in [4.78, 5) is 0. The summed E-state index contributed by atoms with van der Waals surface area (Å²) in [6.45, 7) is 0. The van der Waals surface area contributed by atoms with E-state index in [1.54, 1.807) is 16.7 Å². The van der Waals surface area contributed by atoms with Crippen LogP contribution < -0.4 is 0 Å². The van der Waals surface area contributed by atoms with Gasteiger partial charge in [-0.15, -0.1) is 16.4 Å². The number of benzene rings is 1. The summed E-state index contributed by atoms with van der Waals surface area (Å²) in [5, 5.41) is 19.1. The molecular weight excluding hydrogens is 252 g/mol. The van der Waals surface area contributed by atoms with Crippen molar-refractivity contribution in [2.75, 3.05) is 0 Å². The van der Waals surface area contributed by atoms with Gasteiger partial charge in [0.1, 0.15) is 11.8 Å². The molecule has 2 aromatic heterocycles. The average molecular weight is 262 g/mol. The summed E-state index contributed by atoms with van der Waals surface area (Å²) in [6, 6.07) is 8.24. The second-order valence-electron chi connectivity index (χ2n) is 3.81. The molecule has 0 aliphatic rings. The zero-order valence-electron chi connectivity index (χ0n) is 8.91. The predicted molar refractivity (Wildman–Crippen MR) is 70.4 cm³/mol. The normalized spacial score (nSPS) is 13.0. The highest BCUT2D eigenvalue weighted by Crippen LogP contribution is 2.29. The van der Waals surface area contributed by atoms with Crippen LogP contribution in [0.4, 0.5) is 0 Å². The molecule has 5 heteroatoms. The molecule has 0 spiro atoms. The van der Waals surface area contributed by atoms with Gasteiger partial charge in [0.25, 0.3) is 0 Å². The smallest absolute Gasteiger partial charge is 0.104 e. The SMILES string of the molecule is OC(Cc1csc2ccccc12)c1csnn1. The maximum Gasteiger partial charge on any atom is 0.104 e. The van der Waals surface area contributed by atoms with E-state index in [0.29, 0.717) is 12.1 Å². The van der Waals surface area contributed by atoms with Gasteiger partial charge in [-0.05, 0) is 33.9 Å². The van der Waals surface area contributed by atoms with Crippen LogP contribution in [0.25, 0.3) is 10.1 Å². The molecular formula is C12H10N2OS2. The highest BCUT2D eigenvalue weighted by Gasteiger charge is 2.13. The summed E-state index contributed by atoms with van der Waals surface area (Å²) >= 11 is 2.97. The maximum atomic E-state index is 10.0. The monoisotopic (exact) mass is 262 g/mol. The van der Waals surface area contributed by atoms with Crippen LogP contribution in [0.1, 0.15) is 17.4 Å². The van der Waals surface area contributed by atoms with Crippen LogP contribution in [-0.4, -0.2) is 14.7 Å². The molecule has 0 radical (unpaired) electrons. The van der Waals surface area contributed by atoms with Crippen LogP contribution in [0.3, 0.4) is 0 Å². The van der Waals surface area contributed by atoms with Crippen LogP contribution in [0.5, 0.6) is 0 Å². The molecule has 0 fully saturated rings. The Morgan fingerprint density at radius 3 is 2.94 bits per heavy atom. The minimum absolute atomic E-state index is 0.563. The molecule has 0 aliphatic heterocycles. The fourth-order valence-corrected chi connectivity index (χ4v) is 3.30. The lowest BCUT2D eigenvalue weighted by atomic mass is 10.1. The Morgan fingerprint density at radius 1 is 1.24 bits per heavy atom. The topological polar surface area (TPSA) is 46.0 Å². The first-order chi connectivity index (χ1) is 8.34. The number of aliphatic hydroxyl groups excluding tert-OH is 1. The number of fused-ring (bicyclic) bond motifs is 1. The molecule has 86 valence electrons. The summed E-state index contributed by atoms with van der Waals surface area (Å²) in [6.07, 6.45) is 0.0295. The third-order valence-electron chi connectivity index (χ3n) is 2.69. The second-order valence-corrected chi connectivity index (χ2v) is 5.33. The molecule has 0 saturated heterocycles. The van der Waals surface area contributed by atoms with E-state index in [1.807, 2.05) is 12.1 Å². The lowest BCUT2D eigenvalue weighted by Gasteiger charge is -2.05. The van der Waals surface area contributed by atoms with Gasteiger partial charge in [0, 0.05) is 16.5 Å². The highest BCUT2D eigenvalue weighted by molar-refractivity contribution is 7.17. The van der Waals surface area contributed by atoms with E-state index in [9.17, 15) is 5.11 Å². The molecule has 0 saturated carbocycles. The summed E-state index contributed by atoms with van der Waals surface area (Å²) in [7, 11) is 0. The molecule has 2 heterocycles. The Kier molecular flexibility index (Phi) is 2.88. The minimum atomic E-state index is -0.563. The molecule has 1 aromatic carbocycles. The molecule has 3 nitrogen and oxygen atoms in total. The Labute approximate surface area is 107 Å². The lowest BCUT2D eigenvalue weighted by molar-refractivity contribution is 0.174. The van der Waals surface area contributed by atoms with E-state index in [-0.39, 0.29) is 0 Å². The van der Waals surface area contributed by atoms with Gasteiger partial charge in [-0.25, -0.2) is 0 Å². The third-order valence-corrected chi connectivity index (χ3v) is 4.23. The number of rotatable bonds is 3. The number of aliphatic hydroxyl groups is 1. The van der Waals surface area contributed by atoms with Crippen molar-refractivity contribution >= 4 is 33.0 Å². The van der Waals surface area contributed by atoms with Crippen molar-refractivity contribution in [3.05, 3.63) is 46.3 Å². The van der Waals surface area contributed by atoms with Crippen LogP contribution in [-0.2, 0) is 6.42 Å². The molecule has 1 N–H and O–H groups in total. The van der Waals surface area contributed by atoms with Gasteiger partial charge in [-0.2, -0.15) is 0 Å². The van der Waals surface area contributed by atoms with Gasteiger partial charge in [-0.3, -0.25) is 0 Å². The second kappa shape index (κ2) is 4.52. The van der Waals surface area contributed by atoms with Gasteiger partial charge in [0.15, 0.2) is 0 Å². The zero-order valence-corrected chi connectivity index (χ0v) is 10.5. The van der Waals surface area contributed by atoms with E-state index in [0.717, 1.165) is 0 Å². The number of hydrogen-bond donors (Lipinski definition) is 1. The first-order valence-corrected chi connectivity index (χ1v) is 6.96. The van der Waals surface area contributed by atoms with Crippen LogP contribution in [0.2, 0.25) is 0 Å². The van der Waals surface area contributed by atoms with Crippen molar-refractivity contribution in [2.24, 2.45) is 0 Å². The van der Waals surface area contributed by atoms with Gasteiger partial charge >= 0.3 is 0 Å². The van der Waals surface area contributed by atoms with Gasteiger partial charge in [0.05, 0.1) is 0 Å². The highest BCUT2D eigenvalue weighted by atomic mass is 32.1. The largest absolute Gasteiger partial charge is 0.386 e. The lowest BCUT2D eigenvalue weighted by Crippen LogP contribution is -2.01. The van der Waals surface area contributed by atoms with Gasteiger partial charge in [0.2, 0.25) is 0 Å². The van der Waals surface area contributed by atoms with E-state index >= 15 is 0 Å². The number of thiophene rings is 1. The first-order valence-electron chi connectivity index (χ1n) is 5.25. The predicted octanol–water partition coefficient (Wildman–Crippen LogP) is 3.03. The molecule has 0 bridgehead atoms. The summed E-state index contributed by atoms with van der Waals surface area (Å²) in [5.74, 6) is 0. The van der Waals surface area contributed by atoms with E-state index in [1.165, 1.54) is 27.2 Å². The van der Waals surface area contributed by atoms with Crippen molar-refractivity contribution < 1.29 is 5.11 Å². The van der Waals surface area contributed by atoms with Crippen LogP contribution >= 0.6 is 22.9 Å². The van der Waals surface area contributed by atoms with Gasteiger partial charge < -0.3 is 5.11 Å². The molecule has 1 atom stereocenters. The maximum absolute atomic E-state index is 10.0. The average Bonchev–Trinajstić information content (AvgIpc) is 2.98. The van der Waals surface area contributed by atoms with Crippen molar-refractivity contribution in [1.82, 2.24) is 9.59 Å². The Bertz CT molecular complexity index is 618. The van der Waals surface area contributed by atoms with E-state index in [2.05, 4.69) is 27.1 Å². The summed E-state index contributed by atoms with van der Waals surface area (Å²) < 4.78 is 5.02. The minimum Gasteiger partial charge on any atom is -0.386 e. The summed E-state index contributed by atoms with van der Waals surface area (Å²) in [5.41, 5.74) is 1.83. The number of nitrogens with zero attached hydrogens (tertiary/aromatic N) is 2. The van der Waals surface area contributed by atoms with Crippen molar-refractivity contribution in [3.8, 4) is 0 Å². The fourth-order valence-electron chi connectivity index (χ4n) is 1.82.